The van der Waals surface area contributed by atoms with E-state index < -0.39 is 0 Å². The third-order valence-corrected chi connectivity index (χ3v) is 5.41. The molecule has 1 aromatic carbocycles. The highest BCUT2D eigenvalue weighted by Gasteiger charge is 2.23. The van der Waals surface area contributed by atoms with E-state index in [-0.39, 0.29) is 11.8 Å². The fourth-order valence-corrected chi connectivity index (χ4v) is 3.80. The minimum absolute atomic E-state index is 0.0777. The van der Waals surface area contributed by atoms with Gasteiger partial charge in [-0.05, 0) is 35.2 Å². The van der Waals surface area contributed by atoms with Crippen LogP contribution in [0.2, 0.25) is 0 Å². The van der Waals surface area contributed by atoms with Crippen molar-refractivity contribution >= 4 is 17.0 Å². The van der Waals surface area contributed by atoms with Crippen LogP contribution in [-0.2, 0) is 13.1 Å². The number of nitrogens with one attached hydrogen (secondary N) is 1. The summed E-state index contributed by atoms with van der Waals surface area (Å²) in [5.41, 5.74) is 4.15. The number of benzene rings is 1. The second-order valence-corrected chi connectivity index (χ2v) is 8.17. The fraction of sp³-hybridized carbons (Fsp3) is 0.200. The number of imidazole rings is 1. The Bertz CT molecular complexity index is 1390. The number of carbonyl (C=O) groups excluding carboxylic acids is 1. The van der Waals surface area contributed by atoms with Gasteiger partial charge in [0.2, 0.25) is 0 Å². The molecule has 0 aliphatic heterocycles. The van der Waals surface area contributed by atoms with Crippen LogP contribution in [0.15, 0.2) is 76.4 Å². The van der Waals surface area contributed by atoms with Crippen molar-refractivity contribution in [3.05, 3.63) is 89.8 Å². The number of hydrogen-bond donors (Lipinski definition) is 1. The normalized spacial score (nSPS) is 11.4. The minimum atomic E-state index is -0.222. The first kappa shape index (κ1) is 20.7. The van der Waals surface area contributed by atoms with Gasteiger partial charge in [-0.25, -0.2) is 9.97 Å². The number of furan rings is 1. The maximum atomic E-state index is 13.3. The van der Waals surface area contributed by atoms with Gasteiger partial charge >= 0.3 is 0 Å². The molecular weight excluding hydrogens is 418 g/mol. The first-order valence-corrected chi connectivity index (χ1v) is 10.7. The van der Waals surface area contributed by atoms with Crippen LogP contribution in [-0.4, -0.2) is 25.6 Å². The SMILES string of the molecule is CC(C)c1noc2nc(-c3ccco3)cc(C(=O)NCc3cccc(Cn4ccnc4)c3)c12. The smallest absolute Gasteiger partial charge is 0.259 e. The van der Waals surface area contributed by atoms with E-state index >= 15 is 0 Å². The zero-order valence-electron chi connectivity index (χ0n) is 18.4. The quantitative estimate of drug-likeness (QED) is 0.390. The van der Waals surface area contributed by atoms with E-state index in [1.807, 2.05) is 36.7 Å². The van der Waals surface area contributed by atoms with Gasteiger partial charge in [-0.1, -0.05) is 43.3 Å². The van der Waals surface area contributed by atoms with Crippen molar-refractivity contribution in [2.45, 2.75) is 32.9 Å². The summed E-state index contributed by atoms with van der Waals surface area (Å²) >= 11 is 0. The Hall–Kier alpha value is -4.20. The number of rotatable bonds is 7. The van der Waals surface area contributed by atoms with Crippen molar-refractivity contribution in [1.82, 2.24) is 25.0 Å². The second kappa shape index (κ2) is 8.74. The molecule has 4 heterocycles. The molecule has 1 amide bonds. The lowest BCUT2D eigenvalue weighted by Crippen LogP contribution is -2.23. The summed E-state index contributed by atoms with van der Waals surface area (Å²) in [4.78, 5) is 21.9. The molecule has 8 nitrogen and oxygen atoms in total. The van der Waals surface area contributed by atoms with Crippen molar-refractivity contribution in [2.24, 2.45) is 0 Å². The Morgan fingerprint density at radius 1 is 1.15 bits per heavy atom. The van der Waals surface area contributed by atoms with E-state index in [9.17, 15) is 4.79 Å². The van der Waals surface area contributed by atoms with Crippen LogP contribution in [0.25, 0.3) is 22.6 Å². The first-order valence-electron chi connectivity index (χ1n) is 10.7. The number of nitrogens with zero attached hydrogens (tertiary/aromatic N) is 4. The molecule has 33 heavy (non-hydrogen) atoms. The summed E-state index contributed by atoms with van der Waals surface area (Å²) in [5, 5.41) is 7.84. The molecule has 0 spiro atoms. The van der Waals surface area contributed by atoms with E-state index in [1.165, 1.54) is 0 Å². The molecule has 5 rings (SSSR count). The molecule has 0 bridgehead atoms. The van der Waals surface area contributed by atoms with Gasteiger partial charge in [0.1, 0.15) is 5.69 Å². The van der Waals surface area contributed by atoms with Crippen molar-refractivity contribution < 1.29 is 13.7 Å². The van der Waals surface area contributed by atoms with Crippen LogP contribution in [0.3, 0.4) is 0 Å². The standard InChI is InChI=1S/C25H23N5O3/c1-16(2)23-22-19(12-20(21-7-4-10-32-21)28-25(22)33-29-23)24(31)27-13-17-5-3-6-18(11-17)14-30-9-8-26-15-30/h3-12,15-16H,13-14H2,1-2H3,(H,27,31). The monoisotopic (exact) mass is 441 g/mol. The van der Waals surface area contributed by atoms with Gasteiger partial charge in [-0.2, -0.15) is 0 Å². The summed E-state index contributed by atoms with van der Waals surface area (Å²) in [5.74, 6) is 0.412. The predicted molar refractivity (Wildman–Crippen MR) is 123 cm³/mol. The lowest BCUT2D eigenvalue weighted by molar-refractivity contribution is 0.0952. The Morgan fingerprint density at radius 3 is 2.79 bits per heavy atom. The van der Waals surface area contributed by atoms with E-state index in [2.05, 4.69) is 32.6 Å². The topological polar surface area (TPSA) is 99.0 Å². The Kier molecular flexibility index (Phi) is 5.48. The number of amides is 1. The summed E-state index contributed by atoms with van der Waals surface area (Å²) < 4.78 is 13.0. The van der Waals surface area contributed by atoms with Gasteiger partial charge in [-0.15, -0.1) is 0 Å². The minimum Gasteiger partial charge on any atom is -0.463 e. The van der Waals surface area contributed by atoms with Crippen molar-refractivity contribution in [3.8, 4) is 11.5 Å². The highest BCUT2D eigenvalue weighted by molar-refractivity contribution is 6.07. The lowest BCUT2D eigenvalue weighted by atomic mass is 10.0. The maximum Gasteiger partial charge on any atom is 0.259 e. The number of fused-ring (bicyclic) bond motifs is 1. The molecule has 166 valence electrons. The zero-order chi connectivity index (χ0) is 22.8. The predicted octanol–water partition coefficient (Wildman–Crippen LogP) is 4.78. The fourth-order valence-electron chi connectivity index (χ4n) is 3.80. The number of hydrogen-bond acceptors (Lipinski definition) is 6. The number of aromatic nitrogens is 4. The molecule has 0 saturated heterocycles. The van der Waals surface area contributed by atoms with Gasteiger partial charge in [-0.3, -0.25) is 4.79 Å². The van der Waals surface area contributed by atoms with Gasteiger partial charge in [0, 0.05) is 25.5 Å². The van der Waals surface area contributed by atoms with Gasteiger partial charge in [0.15, 0.2) is 5.76 Å². The van der Waals surface area contributed by atoms with Crippen molar-refractivity contribution in [3.63, 3.8) is 0 Å². The van der Waals surface area contributed by atoms with Crippen LogP contribution < -0.4 is 5.32 Å². The Morgan fingerprint density at radius 2 is 2.03 bits per heavy atom. The Balaban J connectivity index is 1.42. The highest BCUT2D eigenvalue weighted by atomic mass is 16.5. The van der Waals surface area contributed by atoms with Crippen LogP contribution in [0.1, 0.15) is 46.9 Å². The van der Waals surface area contributed by atoms with Gasteiger partial charge in [0.25, 0.3) is 11.6 Å². The van der Waals surface area contributed by atoms with E-state index in [4.69, 9.17) is 8.94 Å². The van der Waals surface area contributed by atoms with E-state index in [1.54, 1.807) is 37.0 Å². The maximum absolute atomic E-state index is 13.3. The van der Waals surface area contributed by atoms with Crippen LogP contribution >= 0.6 is 0 Å². The molecule has 0 aliphatic rings. The molecule has 4 aromatic heterocycles. The molecule has 0 aliphatic carbocycles. The van der Waals surface area contributed by atoms with Crippen LogP contribution in [0, 0.1) is 0 Å². The largest absolute Gasteiger partial charge is 0.463 e. The second-order valence-electron chi connectivity index (χ2n) is 8.17. The molecule has 0 atom stereocenters. The molecule has 0 radical (unpaired) electrons. The molecule has 8 heteroatoms. The van der Waals surface area contributed by atoms with Gasteiger partial charge in [0.05, 0.1) is 29.2 Å². The van der Waals surface area contributed by atoms with Crippen LogP contribution in [0.4, 0.5) is 0 Å². The third kappa shape index (κ3) is 4.27. The summed E-state index contributed by atoms with van der Waals surface area (Å²) in [6, 6.07) is 13.4. The summed E-state index contributed by atoms with van der Waals surface area (Å²) in [6.07, 6.45) is 7.03. The molecule has 5 aromatic rings. The molecule has 1 N–H and O–H groups in total. The lowest BCUT2D eigenvalue weighted by Gasteiger charge is -2.10. The first-order chi connectivity index (χ1) is 16.1. The number of pyridine rings is 1. The zero-order valence-corrected chi connectivity index (χ0v) is 18.4. The average Bonchev–Trinajstić information content (AvgIpc) is 3.58. The molecule has 0 fully saturated rings. The number of carbonyl (C=O) groups is 1. The van der Waals surface area contributed by atoms with E-state index in [0.29, 0.717) is 40.4 Å². The summed E-state index contributed by atoms with van der Waals surface area (Å²) in [7, 11) is 0. The Labute approximate surface area is 190 Å². The average molecular weight is 441 g/mol. The molecular formula is C25H23N5O3. The van der Waals surface area contributed by atoms with Crippen LogP contribution in [0.5, 0.6) is 0 Å². The summed E-state index contributed by atoms with van der Waals surface area (Å²) in [6.45, 7) is 5.12. The van der Waals surface area contributed by atoms with Crippen molar-refractivity contribution in [2.75, 3.05) is 0 Å². The highest BCUT2D eigenvalue weighted by Crippen LogP contribution is 2.30. The van der Waals surface area contributed by atoms with Crippen molar-refractivity contribution in [1.29, 1.82) is 0 Å². The third-order valence-electron chi connectivity index (χ3n) is 5.41. The molecule has 0 saturated carbocycles. The molecule has 0 unspecified atom stereocenters. The van der Waals surface area contributed by atoms with Gasteiger partial charge < -0.3 is 18.8 Å². The van der Waals surface area contributed by atoms with E-state index in [0.717, 1.165) is 17.7 Å².